The zero-order valence-electron chi connectivity index (χ0n) is 14.3. The van der Waals surface area contributed by atoms with Crippen LogP contribution in [0, 0.1) is 5.92 Å². The fourth-order valence-corrected chi connectivity index (χ4v) is 3.09. The van der Waals surface area contributed by atoms with Crippen molar-refractivity contribution in [3.05, 3.63) is 0 Å². The Morgan fingerprint density at radius 1 is 1.29 bits per heavy atom. The number of hydrogen-bond acceptors (Lipinski definition) is 3. The summed E-state index contributed by atoms with van der Waals surface area (Å²) in [4.78, 5) is 14.4. The fraction of sp³-hybridized carbons (Fsp3) is 0.941. The molecule has 1 rings (SSSR count). The van der Waals surface area contributed by atoms with Crippen molar-refractivity contribution >= 4 is 5.91 Å². The van der Waals surface area contributed by atoms with Gasteiger partial charge >= 0.3 is 0 Å². The molecule has 2 N–H and O–H groups in total. The third-order valence-corrected chi connectivity index (χ3v) is 4.65. The third-order valence-electron chi connectivity index (χ3n) is 4.65. The van der Waals surface area contributed by atoms with Gasteiger partial charge < -0.3 is 15.5 Å². The molecule has 1 amide bonds. The molecule has 0 saturated carbocycles. The molecule has 1 aliphatic rings. The molecule has 4 nitrogen and oxygen atoms in total. The molecule has 0 radical (unpaired) electrons. The second-order valence-electron chi connectivity index (χ2n) is 6.37. The molecule has 0 spiro atoms. The first kappa shape index (κ1) is 18.4. The van der Waals surface area contributed by atoms with Gasteiger partial charge in [0.15, 0.2) is 0 Å². The minimum absolute atomic E-state index is 0.240. The first-order chi connectivity index (χ1) is 10.2. The van der Waals surface area contributed by atoms with Crippen LogP contribution in [0.1, 0.15) is 59.3 Å². The molecule has 1 atom stereocenters. The average Bonchev–Trinajstić information content (AvgIpc) is 2.50. The quantitative estimate of drug-likeness (QED) is 0.651. The van der Waals surface area contributed by atoms with Crippen LogP contribution >= 0.6 is 0 Å². The van der Waals surface area contributed by atoms with Gasteiger partial charge in [0.25, 0.3) is 0 Å². The monoisotopic (exact) mass is 297 g/mol. The summed E-state index contributed by atoms with van der Waals surface area (Å²) in [6, 6.07) is 0.307. The van der Waals surface area contributed by atoms with Gasteiger partial charge in [0, 0.05) is 12.5 Å². The van der Waals surface area contributed by atoms with Gasteiger partial charge in [-0.2, -0.15) is 0 Å². The van der Waals surface area contributed by atoms with E-state index in [0.29, 0.717) is 12.5 Å². The summed E-state index contributed by atoms with van der Waals surface area (Å²) in [5, 5.41) is 6.53. The molecule has 1 saturated heterocycles. The molecular formula is C17H35N3O. The number of piperidine rings is 1. The van der Waals surface area contributed by atoms with Gasteiger partial charge in [0.05, 0.1) is 0 Å². The number of amides is 1. The molecule has 0 aromatic rings. The van der Waals surface area contributed by atoms with E-state index in [4.69, 9.17) is 0 Å². The topological polar surface area (TPSA) is 44.4 Å². The predicted octanol–water partition coefficient (Wildman–Crippen LogP) is 2.39. The zero-order valence-corrected chi connectivity index (χ0v) is 14.3. The Morgan fingerprint density at radius 2 is 1.95 bits per heavy atom. The van der Waals surface area contributed by atoms with Crippen LogP contribution in [-0.2, 0) is 4.79 Å². The lowest BCUT2D eigenvalue weighted by molar-refractivity contribution is -0.122. The normalized spacial score (nSPS) is 17.9. The van der Waals surface area contributed by atoms with E-state index in [1.807, 2.05) is 0 Å². The molecule has 0 aromatic carbocycles. The van der Waals surface area contributed by atoms with Crippen LogP contribution in [-0.4, -0.2) is 49.6 Å². The Morgan fingerprint density at radius 3 is 2.57 bits per heavy atom. The van der Waals surface area contributed by atoms with Gasteiger partial charge in [0.1, 0.15) is 0 Å². The molecule has 1 fully saturated rings. The minimum Gasteiger partial charge on any atom is -0.354 e. The maximum absolute atomic E-state index is 12.0. The molecule has 0 bridgehead atoms. The molecule has 0 aliphatic carbocycles. The summed E-state index contributed by atoms with van der Waals surface area (Å²) >= 11 is 0. The van der Waals surface area contributed by atoms with Crippen molar-refractivity contribution in [1.82, 2.24) is 15.5 Å². The van der Waals surface area contributed by atoms with Crippen LogP contribution in [0.15, 0.2) is 0 Å². The van der Waals surface area contributed by atoms with Gasteiger partial charge in [-0.15, -0.1) is 0 Å². The second kappa shape index (κ2) is 11.0. The summed E-state index contributed by atoms with van der Waals surface area (Å²) in [6.07, 6.45) is 6.46. The summed E-state index contributed by atoms with van der Waals surface area (Å²) in [7, 11) is 0. The van der Waals surface area contributed by atoms with E-state index in [0.717, 1.165) is 57.9 Å². The van der Waals surface area contributed by atoms with Crippen LogP contribution in [0.25, 0.3) is 0 Å². The first-order valence-corrected chi connectivity index (χ1v) is 8.88. The van der Waals surface area contributed by atoms with E-state index in [1.54, 1.807) is 0 Å². The second-order valence-corrected chi connectivity index (χ2v) is 6.37. The van der Waals surface area contributed by atoms with Crippen molar-refractivity contribution in [2.24, 2.45) is 5.92 Å². The first-order valence-electron chi connectivity index (χ1n) is 8.88. The lowest BCUT2D eigenvalue weighted by Gasteiger charge is -2.23. The molecule has 1 aliphatic heterocycles. The highest BCUT2D eigenvalue weighted by Gasteiger charge is 2.15. The van der Waals surface area contributed by atoms with E-state index in [1.165, 1.54) is 12.8 Å². The smallest absolute Gasteiger partial charge is 0.220 e. The van der Waals surface area contributed by atoms with E-state index in [-0.39, 0.29) is 5.91 Å². The summed E-state index contributed by atoms with van der Waals surface area (Å²) in [5.41, 5.74) is 0. The number of nitrogens with zero attached hydrogens (tertiary/aromatic N) is 1. The molecule has 124 valence electrons. The molecule has 0 aromatic heterocycles. The Hall–Kier alpha value is -0.610. The Bertz CT molecular complexity index is 273. The van der Waals surface area contributed by atoms with Gasteiger partial charge in [-0.3, -0.25) is 4.79 Å². The number of rotatable bonds is 10. The summed E-state index contributed by atoms with van der Waals surface area (Å²) < 4.78 is 0. The van der Waals surface area contributed by atoms with Crippen molar-refractivity contribution in [2.45, 2.75) is 65.3 Å². The number of carbonyl (C=O) groups excluding carboxylic acids is 1. The van der Waals surface area contributed by atoms with Crippen molar-refractivity contribution < 1.29 is 4.79 Å². The Labute approximate surface area is 131 Å². The van der Waals surface area contributed by atoms with E-state index in [2.05, 4.69) is 36.3 Å². The zero-order chi connectivity index (χ0) is 15.5. The van der Waals surface area contributed by atoms with Crippen molar-refractivity contribution in [3.63, 3.8) is 0 Å². The highest BCUT2D eigenvalue weighted by Crippen LogP contribution is 2.17. The average molecular weight is 297 g/mol. The fourth-order valence-electron chi connectivity index (χ4n) is 3.09. The molecule has 4 heteroatoms. The van der Waals surface area contributed by atoms with E-state index >= 15 is 0 Å². The molecular weight excluding hydrogens is 262 g/mol. The summed E-state index contributed by atoms with van der Waals surface area (Å²) in [6.45, 7) is 12.2. The van der Waals surface area contributed by atoms with Crippen LogP contribution in [0.5, 0.6) is 0 Å². The predicted molar refractivity (Wildman–Crippen MR) is 89.5 cm³/mol. The number of carbonyl (C=O) groups is 1. The van der Waals surface area contributed by atoms with Crippen molar-refractivity contribution in [2.75, 3.05) is 32.7 Å². The lowest BCUT2D eigenvalue weighted by atomic mass is 9.93. The maximum atomic E-state index is 12.0. The SMILES string of the molecule is CCN(CC)CCCC(C)NC(=O)CCC1CCNCC1. The molecule has 21 heavy (non-hydrogen) atoms. The van der Waals surface area contributed by atoms with Crippen molar-refractivity contribution in [3.8, 4) is 0 Å². The lowest BCUT2D eigenvalue weighted by Crippen LogP contribution is -2.34. The largest absolute Gasteiger partial charge is 0.354 e. The van der Waals surface area contributed by atoms with Crippen molar-refractivity contribution in [1.29, 1.82) is 0 Å². The van der Waals surface area contributed by atoms with E-state index < -0.39 is 0 Å². The molecule has 1 heterocycles. The van der Waals surface area contributed by atoms with Gasteiger partial charge in [0.2, 0.25) is 5.91 Å². The van der Waals surface area contributed by atoms with Gasteiger partial charge in [-0.25, -0.2) is 0 Å². The van der Waals surface area contributed by atoms with Gasteiger partial charge in [-0.05, 0) is 77.7 Å². The maximum Gasteiger partial charge on any atom is 0.220 e. The third kappa shape index (κ3) is 8.42. The summed E-state index contributed by atoms with van der Waals surface area (Å²) in [5.74, 6) is 0.985. The van der Waals surface area contributed by atoms with Crippen LogP contribution in [0.4, 0.5) is 0 Å². The Kier molecular flexibility index (Phi) is 9.68. The molecule has 1 unspecified atom stereocenters. The van der Waals surface area contributed by atoms with Crippen LogP contribution in [0.3, 0.4) is 0 Å². The highest BCUT2D eigenvalue weighted by atomic mass is 16.1. The number of nitrogens with one attached hydrogen (secondary N) is 2. The highest BCUT2D eigenvalue weighted by molar-refractivity contribution is 5.76. The van der Waals surface area contributed by atoms with Gasteiger partial charge in [-0.1, -0.05) is 13.8 Å². The van der Waals surface area contributed by atoms with E-state index in [9.17, 15) is 4.79 Å². The number of hydrogen-bond donors (Lipinski definition) is 2. The standard InChI is InChI=1S/C17H35N3O/c1-4-20(5-2)14-6-7-15(3)19-17(21)9-8-16-10-12-18-13-11-16/h15-16,18H,4-14H2,1-3H3,(H,19,21). The van der Waals surface area contributed by atoms with Crippen LogP contribution < -0.4 is 10.6 Å². The minimum atomic E-state index is 0.240. The Balaban J connectivity index is 2.06. The van der Waals surface area contributed by atoms with Crippen LogP contribution in [0.2, 0.25) is 0 Å².